The van der Waals surface area contributed by atoms with Crippen LogP contribution in [0.25, 0.3) is 11.3 Å². The van der Waals surface area contributed by atoms with E-state index < -0.39 is 15.4 Å². The molecule has 0 atom stereocenters. The summed E-state index contributed by atoms with van der Waals surface area (Å²) in [6, 6.07) is 8.54. The molecule has 2 N–H and O–H groups in total. The van der Waals surface area contributed by atoms with E-state index in [0.29, 0.717) is 78.8 Å². The second-order valence-electron chi connectivity index (χ2n) is 9.99. The highest BCUT2D eigenvalue weighted by molar-refractivity contribution is 7.90. The van der Waals surface area contributed by atoms with Crippen LogP contribution in [0.2, 0.25) is 0 Å². The summed E-state index contributed by atoms with van der Waals surface area (Å²) >= 11 is 0. The van der Waals surface area contributed by atoms with Gasteiger partial charge in [0.05, 0.1) is 24.6 Å². The standard InChI is InChI=1S/C26H30N6O6S/c1-16(33)28-22-13-20(18(14-27-22)19-5-6-21-25(30-19)37-15-26(2,3)38-21)29-23-11-17(32-7-9-36-10-8-32)12-24(31-23)39(4,34)35/h5-6,11-14H,7-10,15H2,1-4H3,(H2,27,28,29,31,33). The lowest BCUT2D eigenvalue weighted by Crippen LogP contribution is -2.39. The van der Waals surface area contributed by atoms with Crippen LogP contribution < -0.4 is 25.0 Å². The van der Waals surface area contributed by atoms with E-state index in [2.05, 4.69) is 25.6 Å². The van der Waals surface area contributed by atoms with Crippen LogP contribution in [-0.4, -0.2) is 74.0 Å². The zero-order valence-corrected chi connectivity index (χ0v) is 23.0. The number of pyridine rings is 3. The van der Waals surface area contributed by atoms with Crippen LogP contribution in [0, 0.1) is 0 Å². The Bertz CT molecular complexity index is 1520. The molecule has 13 heteroatoms. The number of morpholine rings is 1. The third-order valence-electron chi connectivity index (χ3n) is 6.06. The van der Waals surface area contributed by atoms with Crippen molar-refractivity contribution >= 4 is 38.8 Å². The van der Waals surface area contributed by atoms with E-state index in [4.69, 9.17) is 14.2 Å². The second-order valence-corrected chi connectivity index (χ2v) is 12.0. The van der Waals surface area contributed by atoms with Crippen molar-refractivity contribution in [2.24, 2.45) is 0 Å². The number of carbonyl (C=O) groups is 1. The number of hydrogen-bond donors (Lipinski definition) is 2. The minimum Gasteiger partial charge on any atom is -0.479 e. The van der Waals surface area contributed by atoms with Gasteiger partial charge in [-0.3, -0.25) is 4.79 Å². The first-order valence-corrected chi connectivity index (χ1v) is 14.3. The Morgan fingerprint density at radius 1 is 1.08 bits per heavy atom. The monoisotopic (exact) mass is 554 g/mol. The van der Waals surface area contributed by atoms with Gasteiger partial charge < -0.3 is 29.7 Å². The maximum Gasteiger partial charge on any atom is 0.257 e. The molecule has 39 heavy (non-hydrogen) atoms. The number of carbonyl (C=O) groups excluding carboxylic acids is 1. The topological polar surface area (TPSA) is 145 Å². The van der Waals surface area contributed by atoms with Gasteiger partial charge in [-0.2, -0.15) is 0 Å². The summed E-state index contributed by atoms with van der Waals surface area (Å²) in [4.78, 5) is 27.1. The number of nitrogens with one attached hydrogen (secondary N) is 2. The summed E-state index contributed by atoms with van der Waals surface area (Å²) in [5, 5.41) is 5.84. The van der Waals surface area contributed by atoms with Crippen LogP contribution in [0.3, 0.4) is 0 Å². The Balaban J connectivity index is 1.57. The molecule has 1 fully saturated rings. The third kappa shape index (κ3) is 6.20. The summed E-state index contributed by atoms with van der Waals surface area (Å²) in [7, 11) is -3.61. The number of anilines is 4. The van der Waals surface area contributed by atoms with E-state index >= 15 is 0 Å². The summed E-state index contributed by atoms with van der Waals surface area (Å²) in [6.07, 6.45) is 2.69. The zero-order valence-electron chi connectivity index (χ0n) is 22.1. The molecule has 0 aliphatic carbocycles. The van der Waals surface area contributed by atoms with Crippen LogP contribution in [0.1, 0.15) is 20.8 Å². The van der Waals surface area contributed by atoms with Crippen LogP contribution in [0.4, 0.5) is 23.0 Å². The highest BCUT2D eigenvalue weighted by Gasteiger charge is 2.29. The first kappa shape index (κ1) is 26.6. The van der Waals surface area contributed by atoms with E-state index in [9.17, 15) is 13.2 Å². The molecule has 3 aromatic rings. The molecule has 206 valence electrons. The molecule has 0 aromatic carbocycles. The highest BCUT2D eigenvalue weighted by atomic mass is 32.2. The maximum atomic E-state index is 12.5. The molecule has 1 amide bonds. The van der Waals surface area contributed by atoms with E-state index in [0.717, 1.165) is 6.26 Å². The molecule has 3 aromatic heterocycles. The van der Waals surface area contributed by atoms with Gasteiger partial charge in [0, 0.05) is 55.8 Å². The molecule has 2 aliphatic heterocycles. The van der Waals surface area contributed by atoms with Gasteiger partial charge in [-0.1, -0.05) is 0 Å². The van der Waals surface area contributed by atoms with E-state index in [1.165, 1.54) is 6.92 Å². The fraction of sp³-hybridized carbons (Fsp3) is 0.385. The van der Waals surface area contributed by atoms with Crippen molar-refractivity contribution in [3.05, 3.63) is 36.5 Å². The van der Waals surface area contributed by atoms with Crippen LogP contribution in [0.15, 0.2) is 41.6 Å². The molecule has 0 radical (unpaired) electrons. The summed E-state index contributed by atoms with van der Waals surface area (Å²) in [5.41, 5.74) is 1.85. The van der Waals surface area contributed by atoms with E-state index in [-0.39, 0.29) is 10.9 Å². The van der Waals surface area contributed by atoms with Crippen molar-refractivity contribution in [1.29, 1.82) is 0 Å². The second kappa shape index (κ2) is 10.3. The zero-order chi connectivity index (χ0) is 27.8. The van der Waals surface area contributed by atoms with Gasteiger partial charge in [-0.25, -0.2) is 23.4 Å². The molecule has 2 aliphatic rings. The maximum absolute atomic E-state index is 12.5. The van der Waals surface area contributed by atoms with Gasteiger partial charge in [0.1, 0.15) is 23.8 Å². The van der Waals surface area contributed by atoms with Gasteiger partial charge in [0.25, 0.3) is 5.88 Å². The smallest absolute Gasteiger partial charge is 0.257 e. The first-order valence-electron chi connectivity index (χ1n) is 12.4. The number of rotatable bonds is 6. The lowest BCUT2D eigenvalue weighted by molar-refractivity contribution is -0.114. The number of ether oxygens (including phenoxy) is 3. The quantitative estimate of drug-likeness (QED) is 0.464. The highest BCUT2D eigenvalue weighted by Crippen LogP contribution is 2.38. The van der Waals surface area contributed by atoms with Crippen molar-refractivity contribution in [1.82, 2.24) is 15.0 Å². The van der Waals surface area contributed by atoms with Crippen molar-refractivity contribution < 1.29 is 27.4 Å². The Morgan fingerprint density at radius 2 is 1.85 bits per heavy atom. The van der Waals surface area contributed by atoms with Crippen molar-refractivity contribution in [2.75, 3.05) is 54.7 Å². The molecular weight excluding hydrogens is 524 g/mol. The lowest BCUT2D eigenvalue weighted by atomic mass is 10.1. The van der Waals surface area contributed by atoms with Crippen molar-refractivity contribution in [2.45, 2.75) is 31.4 Å². The van der Waals surface area contributed by atoms with Crippen molar-refractivity contribution in [3.63, 3.8) is 0 Å². The van der Waals surface area contributed by atoms with Crippen molar-refractivity contribution in [3.8, 4) is 22.9 Å². The fourth-order valence-corrected chi connectivity index (χ4v) is 4.83. The van der Waals surface area contributed by atoms with Crippen LogP contribution in [0.5, 0.6) is 11.6 Å². The van der Waals surface area contributed by atoms with Gasteiger partial charge >= 0.3 is 0 Å². The van der Waals surface area contributed by atoms with Gasteiger partial charge in [0.15, 0.2) is 20.6 Å². The van der Waals surface area contributed by atoms with E-state index in [1.807, 2.05) is 18.7 Å². The molecule has 0 spiro atoms. The predicted molar refractivity (Wildman–Crippen MR) is 146 cm³/mol. The Morgan fingerprint density at radius 3 is 2.56 bits per heavy atom. The SMILES string of the molecule is CC(=O)Nc1cc(Nc2cc(N3CCOCC3)cc(S(C)(=O)=O)n2)c(-c2ccc3c(n2)OCC(C)(C)O3)cn1. The van der Waals surface area contributed by atoms with E-state index in [1.54, 1.807) is 36.5 Å². The summed E-state index contributed by atoms with van der Waals surface area (Å²) < 4.78 is 42.2. The number of aromatic nitrogens is 3. The molecule has 12 nitrogen and oxygen atoms in total. The van der Waals surface area contributed by atoms with Gasteiger partial charge in [0.2, 0.25) is 5.91 Å². The third-order valence-corrected chi connectivity index (χ3v) is 7.03. The lowest BCUT2D eigenvalue weighted by Gasteiger charge is -2.31. The Hall–Kier alpha value is -3.97. The summed E-state index contributed by atoms with van der Waals surface area (Å²) in [6.45, 7) is 7.92. The number of hydrogen-bond acceptors (Lipinski definition) is 11. The molecule has 0 unspecified atom stereocenters. The number of fused-ring (bicyclic) bond motifs is 1. The Kier molecular flexibility index (Phi) is 7.03. The molecule has 0 bridgehead atoms. The van der Waals surface area contributed by atoms with Crippen LogP contribution >= 0.6 is 0 Å². The molecule has 5 heterocycles. The molecule has 5 rings (SSSR count). The molecular formula is C26H30N6O6S. The predicted octanol–water partition coefficient (Wildman–Crippen LogP) is 3.03. The molecule has 0 saturated carbocycles. The minimum atomic E-state index is -3.61. The first-order chi connectivity index (χ1) is 18.5. The average molecular weight is 555 g/mol. The Labute approximate surface area is 226 Å². The largest absolute Gasteiger partial charge is 0.479 e. The number of amides is 1. The average Bonchev–Trinajstić information content (AvgIpc) is 2.88. The van der Waals surface area contributed by atoms with Gasteiger partial charge in [-0.15, -0.1) is 0 Å². The number of nitrogens with zero attached hydrogens (tertiary/aromatic N) is 4. The van der Waals surface area contributed by atoms with Crippen LogP contribution in [-0.2, 0) is 19.4 Å². The molecule has 1 saturated heterocycles. The number of sulfone groups is 1. The fourth-order valence-electron chi connectivity index (χ4n) is 4.23. The normalized spacial score (nSPS) is 16.5. The summed E-state index contributed by atoms with van der Waals surface area (Å²) in [5.74, 6) is 1.22. The minimum absolute atomic E-state index is 0.0632. The van der Waals surface area contributed by atoms with Gasteiger partial charge in [-0.05, 0) is 32.0 Å².